The molecule has 0 atom stereocenters. The highest BCUT2D eigenvalue weighted by Gasteiger charge is 2.56. The summed E-state index contributed by atoms with van der Waals surface area (Å²) in [4.78, 5) is 25.3. The number of nitrogens with one attached hydrogen (secondary N) is 2. The second kappa shape index (κ2) is 6.67. The molecule has 1 aliphatic rings. The van der Waals surface area contributed by atoms with E-state index in [2.05, 4.69) is 10.6 Å². The standard InChI is InChI=1S/C20H21FN2O2/c1-13(2)14-7-3-5-9-16(14)22-18(24)20(11-12-20)19(25)23-17-10-6-4-8-15(17)21/h3-10,13H,11-12H2,1-2H3,(H,22,24)(H,23,25). The lowest BCUT2D eigenvalue weighted by Crippen LogP contribution is -2.36. The summed E-state index contributed by atoms with van der Waals surface area (Å²) in [6, 6.07) is 13.5. The molecule has 0 spiro atoms. The minimum atomic E-state index is -1.12. The van der Waals surface area contributed by atoms with E-state index < -0.39 is 17.1 Å². The predicted molar refractivity (Wildman–Crippen MR) is 95.9 cm³/mol. The number of carbonyl (C=O) groups is 2. The van der Waals surface area contributed by atoms with E-state index in [1.165, 1.54) is 12.1 Å². The van der Waals surface area contributed by atoms with Crippen molar-refractivity contribution in [2.75, 3.05) is 10.6 Å². The third kappa shape index (κ3) is 3.40. The zero-order valence-corrected chi connectivity index (χ0v) is 14.3. The van der Waals surface area contributed by atoms with Gasteiger partial charge in [-0.3, -0.25) is 9.59 Å². The van der Waals surface area contributed by atoms with Gasteiger partial charge in [-0.1, -0.05) is 44.2 Å². The lowest BCUT2D eigenvalue weighted by Gasteiger charge is -2.18. The number of halogens is 1. The molecule has 2 amide bonds. The van der Waals surface area contributed by atoms with Crippen molar-refractivity contribution in [3.05, 3.63) is 59.9 Å². The van der Waals surface area contributed by atoms with Crippen molar-refractivity contribution in [3.8, 4) is 0 Å². The molecular formula is C20H21FN2O2. The van der Waals surface area contributed by atoms with E-state index in [1.807, 2.05) is 38.1 Å². The second-order valence-electron chi connectivity index (χ2n) is 6.71. The van der Waals surface area contributed by atoms with Crippen LogP contribution in [0.1, 0.15) is 38.2 Å². The molecule has 5 heteroatoms. The summed E-state index contributed by atoms with van der Waals surface area (Å²) in [7, 11) is 0. The fourth-order valence-electron chi connectivity index (χ4n) is 2.84. The molecule has 1 saturated carbocycles. The fraction of sp³-hybridized carbons (Fsp3) is 0.300. The summed E-state index contributed by atoms with van der Waals surface area (Å²) in [5, 5.41) is 5.42. The molecule has 0 bridgehead atoms. The van der Waals surface area contributed by atoms with Gasteiger partial charge in [0.25, 0.3) is 0 Å². The Hall–Kier alpha value is -2.69. The summed E-state index contributed by atoms with van der Waals surface area (Å²) in [5.74, 6) is -1.07. The van der Waals surface area contributed by atoms with Crippen LogP contribution in [0.25, 0.3) is 0 Å². The maximum atomic E-state index is 13.7. The first-order valence-corrected chi connectivity index (χ1v) is 8.40. The van der Waals surface area contributed by atoms with E-state index in [-0.39, 0.29) is 17.5 Å². The maximum Gasteiger partial charge on any atom is 0.240 e. The first kappa shape index (κ1) is 17.1. The number of benzene rings is 2. The van der Waals surface area contributed by atoms with Gasteiger partial charge in [0.2, 0.25) is 11.8 Å². The van der Waals surface area contributed by atoms with Crippen LogP contribution in [0.5, 0.6) is 0 Å². The quantitative estimate of drug-likeness (QED) is 0.797. The van der Waals surface area contributed by atoms with Crippen LogP contribution in [0, 0.1) is 11.2 Å². The molecule has 25 heavy (non-hydrogen) atoms. The van der Waals surface area contributed by atoms with E-state index in [4.69, 9.17) is 0 Å². The molecular weight excluding hydrogens is 319 g/mol. The van der Waals surface area contributed by atoms with Crippen LogP contribution in [0.3, 0.4) is 0 Å². The normalized spacial score (nSPS) is 14.9. The maximum absolute atomic E-state index is 13.7. The molecule has 0 aliphatic heterocycles. The Balaban J connectivity index is 1.76. The molecule has 2 aromatic carbocycles. The number of hydrogen-bond acceptors (Lipinski definition) is 2. The lowest BCUT2D eigenvalue weighted by atomic mass is 9.99. The van der Waals surface area contributed by atoms with Crippen LogP contribution in [0.4, 0.5) is 15.8 Å². The van der Waals surface area contributed by atoms with Gasteiger partial charge >= 0.3 is 0 Å². The average molecular weight is 340 g/mol. The van der Waals surface area contributed by atoms with Gasteiger partial charge in [0.05, 0.1) is 5.69 Å². The average Bonchev–Trinajstić information content (AvgIpc) is 3.39. The van der Waals surface area contributed by atoms with E-state index in [0.29, 0.717) is 18.5 Å². The number of amides is 2. The lowest BCUT2D eigenvalue weighted by molar-refractivity contribution is -0.131. The molecule has 2 aromatic rings. The van der Waals surface area contributed by atoms with Gasteiger partial charge in [-0.25, -0.2) is 4.39 Å². The molecule has 2 N–H and O–H groups in total. The zero-order valence-electron chi connectivity index (χ0n) is 14.3. The van der Waals surface area contributed by atoms with Crippen molar-refractivity contribution >= 4 is 23.2 Å². The van der Waals surface area contributed by atoms with Gasteiger partial charge in [0, 0.05) is 5.69 Å². The van der Waals surface area contributed by atoms with Gasteiger partial charge in [0.1, 0.15) is 11.2 Å². The number of rotatable bonds is 5. The summed E-state index contributed by atoms with van der Waals surface area (Å²) < 4.78 is 13.7. The first-order valence-electron chi connectivity index (χ1n) is 8.40. The predicted octanol–water partition coefficient (Wildman–Crippen LogP) is 4.31. The summed E-state index contributed by atoms with van der Waals surface area (Å²) >= 11 is 0. The Morgan fingerprint density at radius 1 is 0.920 bits per heavy atom. The highest BCUT2D eigenvalue weighted by Crippen LogP contribution is 2.47. The minimum Gasteiger partial charge on any atom is -0.325 e. The van der Waals surface area contributed by atoms with Crippen molar-refractivity contribution < 1.29 is 14.0 Å². The second-order valence-corrected chi connectivity index (χ2v) is 6.71. The number of carbonyl (C=O) groups excluding carboxylic acids is 2. The van der Waals surface area contributed by atoms with Gasteiger partial charge in [0.15, 0.2) is 0 Å². The Kier molecular flexibility index (Phi) is 4.57. The molecule has 3 rings (SSSR count). The molecule has 0 radical (unpaired) electrons. The van der Waals surface area contributed by atoms with Crippen molar-refractivity contribution in [1.29, 1.82) is 0 Å². The smallest absolute Gasteiger partial charge is 0.240 e. The van der Waals surface area contributed by atoms with Crippen LogP contribution in [-0.4, -0.2) is 11.8 Å². The molecule has 0 heterocycles. The third-order valence-electron chi connectivity index (χ3n) is 4.57. The summed E-state index contributed by atoms with van der Waals surface area (Å²) in [5.41, 5.74) is 0.703. The van der Waals surface area contributed by atoms with Crippen molar-refractivity contribution in [2.45, 2.75) is 32.6 Å². The Morgan fingerprint density at radius 3 is 2.00 bits per heavy atom. The zero-order chi connectivity index (χ0) is 18.0. The molecule has 1 fully saturated rings. The molecule has 0 saturated heterocycles. The van der Waals surface area contributed by atoms with E-state index in [9.17, 15) is 14.0 Å². The van der Waals surface area contributed by atoms with Gasteiger partial charge < -0.3 is 10.6 Å². The van der Waals surface area contributed by atoms with Gasteiger partial charge in [-0.05, 0) is 42.5 Å². The van der Waals surface area contributed by atoms with Crippen molar-refractivity contribution in [3.63, 3.8) is 0 Å². The Bertz CT molecular complexity index is 813. The monoisotopic (exact) mass is 340 g/mol. The van der Waals surface area contributed by atoms with E-state index >= 15 is 0 Å². The molecule has 1 aliphatic carbocycles. The molecule has 130 valence electrons. The number of para-hydroxylation sites is 2. The van der Waals surface area contributed by atoms with Crippen molar-refractivity contribution in [1.82, 2.24) is 0 Å². The third-order valence-corrected chi connectivity index (χ3v) is 4.57. The van der Waals surface area contributed by atoms with Crippen LogP contribution in [0.2, 0.25) is 0 Å². The molecule has 4 nitrogen and oxygen atoms in total. The van der Waals surface area contributed by atoms with E-state index in [0.717, 1.165) is 5.56 Å². The van der Waals surface area contributed by atoms with Crippen LogP contribution < -0.4 is 10.6 Å². The van der Waals surface area contributed by atoms with Crippen LogP contribution >= 0.6 is 0 Å². The largest absolute Gasteiger partial charge is 0.325 e. The summed E-state index contributed by atoms with van der Waals surface area (Å²) in [6.45, 7) is 4.09. The van der Waals surface area contributed by atoms with Crippen LogP contribution in [-0.2, 0) is 9.59 Å². The highest BCUT2D eigenvalue weighted by atomic mass is 19.1. The van der Waals surface area contributed by atoms with Crippen LogP contribution in [0.15, 0.2) is 48.5 Å². The molecule has 0 aromatic heterocycles. The SMILES string of the molecule is CC(C)c1ccccc1NC(=O)C1(C(=O)Nc2ccccc2F)CC1. The first-order chi connectivity index (χ1) is 11.9. The topological polar surface area (TPSA) is 58.2 Å². The van der Waals surface area contributed by atoms with Crippen molar-refractivity contribution in [2.24, 2.45) is 5.41 Å². The van der Waals surface area contributed by atoms with Gasteiger partial charge in [-0.2, -0.15) is 0 Å². The Labute approximate surface area is 146 Å². The number of hydrogen-bond donors (Lipinski definition) is 2. The van der Waals surface area contributed by atoms with Gasteiger partial charge in [-0.15, -0.1) is 0 Å². The molecule has 0 unspecified atom stereocenters. The highest BCUT2D eigenvalue weighted by molar-refractivity contribution is 6.17. The Morgan fingerprint density at radius 2 is 1.44 bits per heavy atom. The minimum absolute atomic E-state index is 0.0918. The summed E-state index contributed by atoms with van der Waals surface area (Å²) in [6.07, 6.45) is 0.923. The fourth-order valence-corrected chi connectivity index (χ4v) is 2.84. The van der Waals surface area contributed by atoms with E-state index in [1.54, 1.807) is 12.1 Å². The number of anilines is 2.